The zero-order chi connectivity index (χ0) is 29.8. The molecule has 0 saturated carbocycles. The first kappa shape index (κ1) is 31.0. The van der Waals surface area contributed by atoms with Crippen molar-refractivity contribution in [3.05, 3.63) is 54.6 Å². The predicted octanol–water partition coefficient (Wildman–Crippen LogP) is 4.65. The van der Waals surface area contributed by atoms with Crippen LogP contribution in [0.5, 0.6) is 0 Å². The second kappa shape index (κ2) is 12.9. The van der Waals surface area contributed by atoms with Crippen molar-refractivity contribution >= 4 is 23.5 Å². The van der Waals surface area contributed by atoms with Crippen LogP contribution in [0.25, 0.3) is 0 Å². The van der Waals surface area contributed by atoms with Crippen LogP contribution in [0.1, 0.15) is 69.4 Å². The average molecular weight is 567 g/mol. The van der Waals surface area contributed by atoms with Gasteiger partial charge >= 0.3 is 5.97 Å². The molecule has 2 amide bonds. The minimum atomic E-state index is -1.10. The smallest absolute Gasteiger partial charge is 0.312 e. The van der Waals surface area contributed by atoms with E-state index in [9.17, 15) is 19.5 Å². The van der Waals surface area contributed by atoms with Crippen molar-refractivity contribution < 1.29 is 29.0 Å². The Labute approximate surface area is 244 Å². The van der Waals surface area contributed by atoms with E-state index in [0.717, 1.165) is 29.7 Å². The maximum absolute atomic E-state index is 14.8. The van der Waals surface area contributed by atoms with E-state index < -0.39 is 35.0 Å². The number of fused-ring (bicyclic) bond motifs is 1. The fraction of sp³-hybridized carbons (Fsp3) is 0.606. The normalized spacial score (nSPS) is 28.0. The van der Waals surface area contributed by atoms with Crippen LogP contribution in [-0.4, -0.2) is 71.3 Å². The molecule has 0 radical (unpaired) electrons. The van der Waals surface area contributed by atoms with E-state index >= 15 is 0 Å². The number of nitrogens with zero attached hydrogens (tertiary/aromatic N) is 2. The number of likely N-dealkylation sites (tertiary alicyclic amines) is 1. The molecule has 0 aromatic heterocycles. The molecule has 4 rings (SSSR count). The molecule has 1 spiro atoms. The lowest BCUT2D eigenvalue weighted by Crippen LogP contribution is -2.56. The van der Waals surface area contributed by atoms with Gasteiger partial charge in [-0.25, -0.2) is 0 Å². The number of benzene rings is 1. The van der Waals surface area contributed by atoms with Gasteiger partial charge in [0.15, 0.2) is 0 Å². The number of aliphatic hydroxyl groups excluding tert-OH is 1. The van der Waals surface area contributed by atoms with Crippen molar-refractivity contribution in [2.45, 2.75) is 89.4 Å². The Hall–Kier alpha value is -2.97. The predicted molar refractivity (Wildman–Crippen MR) is 158 cm³/mol. The Kier molecular flexibility index (Phi) is 9.75. The SMILES string of the molecule is C=CCCOC(=O)[C@@H]1[C@H]2C(=O)N(CCCCCCO)C(C(=O)N(CC=C)c3c(C)cccc3C)C23CC[C@@]1(CC)O3. The molecule has 0 aliphatic carbocycles. The standard InChI is InChI=1S/C33H46N2O6/c1-6-9-22-40-31(39)26-25-29(37)35(20-12-10-11-13-21-36)28(33(25)18-17-32(26,8-3)41-33)30(38)34(19-7-2)27-23(4)15-14-16-24(27)5/h6-7,14-16,25-26,28,36H,1-2,8-13,17-22H2,3-5H3/t25-,26-,28?,32+,33?/m0/s1. The van der Waals surface area contributed by atoms with Gasteiger partial charge in [0.05, 0.1) is 18.1 Å². The number of ether oxygens (including phenoxy) is 2. The van der Waals surface area contributed by atoms with Crippen LogP contribution in [-0.2, 0) is 23.9 Å². The summed E-state index contributed by atoms with van der Waals surface area (Å²) in [4.78, 5) is 46.1. The Balaban J connectivity index is 1.77. The van der Waals surface area contributed by atoms with Gasteiger partial charge in [-0.05, 0) is 63.5 Å². The third kappa shape index (κ3) is 5.37. The highest BCUT2D eigenvalue weighted by atomic mass is 16.6. The van der Waals surface area contributed by atoms with Gasteiger partial charge in [0.2, 0.25) is 5.91 Å². The summed E-state index contributed by atoms with van der Waals surface area (Å²) in [5.74, 6) is -2.38. The van der Waals surface area contributed by atoms with Gasteiger partial charge in [-0.1, -0.05) is 50.1 Å². The fourth-order valence-electron chi connectivity index (χ4n) is 7.48. The number of carbonyl (C=O) groups excluding carboxylic acids is 3. The van der Waals surface area contributed by atoms with E-state index in [2.05, 4.69) is 13.2 Å². The largest absolute Gasteiger partial charge is 0.465 e. The van der Waals surface area contributed by atoms with Crippen molar-refractivity contribution in [1.29, 1.82) is 0 Å². The van der Waals surface area contributed by atoms with Crippen molar-refractivity contribution in [2.75, 3.05) is 31.2 Å². The van der Waals surface area contributed by atoms with Crippen LogP contribution in [0.2, 0.25) is 0 Å². The number of esters is 1. The first-order chi connectivity index (χ1) is 19.7. The number of hydrogen-bond donors (Lipinski definition) is 1. The van der Waals surface area contributed by atoms with Crippen LogP contribution in [0.15, 0.2) is 43.5 Å². The summed E-state index contributed by atoms with van der Waals surface area (Å²) in [7, 11) is 0. The molecule has 5 atom stereocenters. The first-order valence-electron chi connectivity index (χ1n) is 15.1. The van der Waals surface area contributed by atoms with Crippen LogP contribution >= 0.6 is 0 Å². The summed E-state index contributed by atoms with van der Waals surface area (Å²) >= 11 is 0. The lowest BCUT2D eigenvalue weighted by Gasteiger charge is -2.37. The topological polar surface area (TPSA) is 96.4 Å². The fourth-order valence-corrected chi connectivity index (χ4v) is 7.48. The van der Waals surface area contributed by atoms with Gasteiger partial charge in [-0.15, -0.1) is 13.2 Å². The molecule has 41 heavy (non-hydrogen) atoms. The second-order valence-electron chi connectivity index (χ2n) is 11.7. The van der Waals surface area contributed by atoms with Gasteiger partial charge in [0.1, 0.15) is 17.6 Å². The van der Waals surface area contributed by atoms with Crippen LogP contribution in [0, 0.1) is 25.7 Å². The Morgan fingerprint density at radius 2 is 1.85 bits per heavy atom. The average Bonchev–Trinajstić information content (AvgIpc) is 3.55. The molecule has 8 nitrogen and oxygen atoms in total. The minimum absolute atomic E-state index is 0.129. The quantitative estimate of drug-likeness (QED) is 0.189. The molecular weight excluding hydrogens is 520 g/mol. The molecule has 1 aromatic rings. The van der Waals surface area contributed by atoms with Crippen molar-refractivity contribution in [2.24, 2.45) is 11.8 Å². The van der Waals surface area contributed by atoms with E-state index in [1.807, 2.05) is 39.0 Å². The summed E-state index contributed by atoms with van der Waals surface area (Å²) in [5, 5.41) is 9.20. The van der Waals surface area contributed by atoms with Crippen LogP contribution in [0.3, 0.4) is 0 Å². The molecule has 1 aromatic carbocycles. The van der Waals surface area contributed by atoms with E-state index in [1.165, 1.54) is 0 Å². The van der Waals surface area contributed by atoms with Crippen molar-refractivity contribution in [3.8, 4) is 0 Å². The molecule has 2 bridgehead atoms. The van der Waals surface area contributed by atoms with Crippen LogP contribution in [0.4, 0.5) is 5.69 Å². The van der Waals surface area contributed by atoms with Gasteiger partial charge in [0.25, 0.3) is 5.91 Å². The number of rotatable bonds is 15. The molecule has 8 heteroatoms. The zero-order valence-corrected chi connectivity index (χ0v) is 24.9. The summed E-state index contributed by atoms with van der Waals surface area (Å²) in [6.45, 7) is 14.5. The summed E-state index contributed by atoms with van der Waals surface area (Å²) in [6.07, 6.45) is 8.64. The number of aryl methyl sites for hydroxylation is 2. The highest BCUT2D eigenvalue weighted by Gasteiger charge is 2.79. The summed E-state index contributed by atoms with van der Waals surface area (Å²) in [5.41, 5.74) is 0.789. The number of carbonyl (C=O) groups is 3. The highest BCUT2D eigenvalue weighted by molar-refractivity contribution is 6.05. The number of anilines is 1. The third-order valence-corrected chi connectivity index (χ3v) is 9.33. The summed E-state index contributed by atoms with van der Waals surface area (Å²) in [6, 6.07) is 5.05. The molecule has 2 unspecified atom stereocenters. The Bertz CT molecular complexity index is 1150. The van der Waals surface area contributed by atoms with Gasteiger partial charge < -0.3 is 24.4 Å². The van der Waals surface area contributed by atoms with E-state index in [4.69, 9.17) is 9.47 Å². The van der Waals surface area contributed by atoms with Gasteiger partial charge in [0, 0.05) is 25.4 Å². The number of aliphatic hydroxyl groups is 1. The number of amides is 2. The number of para-hydroxylation sites is 1. The van der Waals surface area contributed by atoms with Gasteiger partial charge in [-0.2, -0.15) is 0 Å². The zero-order valence-electron chi connectivity index (χ0n) is 24.9. The van der Waals surface area contributed by atoms with E-state index in [-0.39, 0.29) is 31.6 Å². The minimum Gasteiger partial charge on any atom is -0.465 e. The lowest BCUT2D eigenvalue weighted by molar-refractivity contribution is -0.160. The number of unbranched alkanes of at least 4 members (excludes halogenated alkanes) is 3. The Morgan fingerprint density at radius 3 is 2.49 bits per heavy atom. The second-order valence-corrected chi connectivity index (χ2v) is 11.7. The molecule has 1 N–H and O–H groups in total. The van der Waals surface area contributed by atoms with E-state index in [0.29, 0.717) is 45.1 Å². The number of hydrogen-bond acceptors (Lipinski definition) is 6. The highest BCUT2D eigenvalue weighted by Crippen LogP contribution is 2.64. The monoisotopic (exact) mass is 566 g/mol. The molecule has 3 aliphatic heterocycles. The first-order valence-corrected chi connectivity index (χ1v) is 15.1. The molecule has 3 aliphatic rings. The van der Waals surface area contributed by atoms with E-state index in [1.54, 1.807) is 22.0 Å². The third-order valence-electron chi connectivity index (χ3n) is 9.33. The lowest BCUT2D eigenvalue weighted by atomic mass is 9.65. The maximum Gasteiger partial charge on any atom is 0.312 e. The van der Waals surface area contributed by atoms with Crippen LogP contribution < -0.4 is 4.90 Å². The molecule has 224 valence electrons. The molecule has 3 saturated heterocycles. The summed E-state index contributed by atoms with van der Waals surface area (Å²) < 4.78 is 12.5. The molecule has 3 heterocycles. The van der Waals surface area contributed by atoms with Crippen molar-refractivity contribution in [3.63, 3.8) is 0 Å². The molecular formula is C33H46N2O6. The van der Waals surface area contributed by atoms with Gasteiger partial charge in [-0.3, -0.25) is 14.4 Å². The van der Waals surface area contributed by atoms with Crippen molar-refractivity contribution in [1.82, 2.24) is 4.90 Å². The molecule has 3 fully saturated rings. The maximum atomic E-state index is 14.8. The Morgan fingerprint density at radius 1 is 1.15 bits per heavy atom.